The van der Waals surface area contributed by atoms with Gasteiger partial charge in [0, 0.05) is 32.7 Å². The Morgan fingerprint density at radius 3 is 2.22 bits per heavy atom. The van der Waals surface area contributed by atoms with Gasteiger partial charge in [-0.15, -0.1) is 0 Å². The summed E-state index contributed by atoms with van der Waals surface area (Å²) >= 11 is 0. The number of carbonyl (C=O) groups excluding carboxylic acids is 1. The minimum absolute atomic E-state index is 0.0666. The van der Waals surface area contributed by atoms with Gasteiger partial charge in [0.05, 0.1) is 33.1 Å². The lowest BCUT2D eigenvalue weighted by atomic mass is 9.78. The summed E-state index contributed by atoms with van der Waals surface area (Å²) < 4.78 is 10.2. The molecule has 0 N–H and O–H groups in total. The van der Waals surface area contributed by atoms with E-state index in [-0.39, 0.29) is 5.91 Å². The van der Waals surface area contributed by atoms with Gasteiger partial charge in [-0.05, 0) is 55.8 Å². The fourth-order valence-electron chi connectivity index (χ4n) is 7.33. The summed E-state index contributed by atoms with van der Waals surface area (Å²) in [4.78, 5) is 29.5. The highest BCUT2D eigenvalue weighted by atomic mass is 16.3. The van der Waals surface area contributed by atoms with Crippen LogP contribution in [0.25, 0.3) is 72.1 Å². The zero-order valence-corrected chi connectivity index (χ0v) is 25.0. The van der Waals surface area contributed by atoms with Crippen molar-refractivity contribution in [2.45, 2.75) is 19.3 Å². The van der Waals surface area contributed by atoms with E-state index < -0.39 is 5.41 Å². The maximum atomic E-state index is 14.2. The molecule has 0 saturated heterocycles. The van der Waals surface area contributed by atoms with Crippen LogP contribution in [0.1, 0.15) is 35.6 Å². The van der Waals surface area contributed by atoms with E-state index in [1.165, 1.54) is 0 Å². The molecular weight excluding hydrogens is 570 g/mol. The van der Waals surface area contributed by atoms with Crippen molar-refractivity contribution in [3.05, 3.63) is 132 Å². The van der Waals surface area contributed by atoms with Crippen molar-refractivity contribution in [2.24, 2.45) is 0 Å². The van der Waals surface area contributed by atoms with Crippen molar-refractivity contribution < 1.29 is 9.21 Å². The van der Waals surface area contributed by atoms with Crippen molar-refractivity contribution in [1.82, 2.24) is 24.1 Å². The van der Waals surface area contributed by atoms with Gasteiger partial charge in [0.1, 0.15) is 11.4 Å². The first kappa shape index (κ1) is 25.3. The summed E-state index contributed by atoms with van der Waals surface area (Å²) in [6.07, 6.45) is 0. The van der Waals surface area contributed by atoms with E-state index in [2.05, 4.69) is 54.8 Å². The zero-order chi connectivity index (χ0) is 30.7. The summed E-state index contributed by atoms with van der Waals surface area (Å²) in [6.45, 7) is 4.28. The number of para-hydroxylation sites is 4. The van der Waals surface area contributed by atoms with E-state index in [1.807, 2.05) is 78.9 Å². The number of benzene rings is 5. The Morgan fingerprint density at radius 1 is 0.652 bits per heavy atom. The predicted octanol–water partition coefficient (Wildman–Crippen LogP) is 8.82. The molecule has 10 rings (SSSR count). The Balaban J connectivity index is 1.31. The molecule has 9 aromatic rings. The van der Waals surface area contributed by atoms with Crippen LogP contribution in [0.2, 0.25) is 0 Å². The van der Waals surface area contributed by atoms with Crippen LogP contribution in [0.15, 0.2) is 120 Å². The largest absolute Gasteiger partial charge is 0.437 e. The maximum absolute atomic E-state index is 14.2. The molecule has 0 amide bonds. The molecule has 0 aliphatic carbocycles. The second kappa shape index (κ2) is 8.76. The number of hydrogen-bond donors (Lipinski definition) is 0. The van der Waals surface area contributed by atoms with Gasteiger partial charge in [0.2, 0.25) is 11.7 Å². The number of nitrogens with zero attached hydrogens (tertiary/aromatic N) is 5. The Kier molecular flexibility index (Phi) is 4.81. The van der Waals surface area contributed by atoms with Gasteiger partial charge >= 0.3 is 0 Å². The first-order valence-electron chi connectivity index (χ1n) is 15.3. The molecule has 0 saturated carbocycles. The molecular formula is C39H25N5O2. The zero-order valence-electron chi connectivity index (χ0n) is 25.0. The number of rotatable bonds is 2. The van der Waals surface area contributed by atoms with E-state index in [4.69, 9.17) is 19.4 Å². The maximum Gasteiger partial charge on any atom is 0.264 e. The van der Waals surface area contributed by atoms with E-state index in [1.54, 1.807) is 4.57 Å². The molecule has 0 spiro atoms. The average Bonchev–Trinajstić information content (AvgIpc) is 3.77. The molecule has 4 aromatic heterocycles. The molecule has 5 heterocycles. The van der Waals surface area contributed by atoms with Crippen molar-refractivity contribution in [2.75, 3.05) is 0 Å². The average molecular weight is 596 g/mol. The molecule has 1 aliphatic heterocycles. The minimum atomic E-state index is -0.545. The normalized spacial score (nSPS) is 14.1. The smallest absolute Gasteiger partial charge is 0.264 e. The molecule has 0 fully saturated rings. The van der Waals surface area contributed by atoms with E-state index >= 15 is 0 Å². The molecule has 5 aromatic carbocycles. The van der Waals surface area contributed by atoms with Crippen molar-refractivity contribution in [3.8, 4) is 17.2 Å². The van der Waals surface area contributed by atoms with Crippen LogP contribution in [0.5, 0.6) is 0 Å². The van der Waals surface area contributed by atoms with Gasteiger partial charge in [-0.25, -0.2) is 9.97 Å². The second-order valence-electron chi connectivity index (χ2n) is 12.5. The summed E-state index contributed by atoms with van der Waals surface area (Å²) in [5.41, 5.74) is 7.62. The highest BCUT2D eigenvalue weighted by Crippen LogP contribution is 2.44. The fourth-order valence-corrected chi connectivity index (χ4v) is 7.33. The van der Waals surface area contributed by atoms with Gasteiger partial charge < -0.3 is 4.42 Å². The summed E-state index contributed by atoms with van der Waals surface area (Å²) in [7, 11) is 0. The molecule has 7 nitrogen and oxygen atoms in total. The number of hydrogen-bond acceptors (Lipinski definition) is 5. The Bertz CT molecular complexity index is 2750. The number of fused-ring (bicyclic) bond motifs is 10. The van der Waals surface area contributed by atoms with Gasteiger partial charge in [-0.1, -0.05) is 78.9 Å². The van der Waals surface area contributed by atoms with Gasteiger partial charge in [0.15, 0.2) is 0 Å². The summed E-state index contributed by atoms with van der Waals surface area (Å²) in [5, 5.41) is 3.83. The molecule has 7 heteroatoms. The molecule has 0 atom stereocenters. The van der Waals surface area contributed by atoms with Gasteiger partial charge in [0.25, 0.3) is 5.91 Å². The molecule has 0 radical (unpaired) electrons. The summed E-state index contributed by atoms with van der Waals surface area (Å²) in [5.74, 6) is 1.17. The molecule has 46 heavy (non-hydrogen) atoms. The molecule has 0 bridgehead atoms. The van der Waals surface area contributed by atoms with Gasteiger partial charge in [-0.2, -0.15) is 4.98 Å². The second-order valence-corrected chi connectivity index (χ2v) is 12.5. The van der Waals surface area contributed by atoms with Crippen molar-refractivity contribution in [1.29, 1.82) is 0 Å². The predicted molar refractivity (Wildman–Crippen MR) is 181 cm³/mol. The van der Waals surface area contributed by atoms with Crippen LogP contribution in [0.3, 0.4) is 0 Å². The number of furan rings is 1. The van der Waals surface area contributed by atoms with E-state index in [9.17, 15) is 4.79 Å². The Hall–Kier alpha value is -6.08. The summed E-state index contributed by atoms with van der Waals surface area (Å²) in [6, 6.07) is 38.4. The van der Waals surface area contributed by atoms with Crippen LogP contribution in [-0.2, 0) is 5.41 Å². The fraction of sp³-hybridized carbons (Fsp3) is 0.0769. The molecule has 1 aliphatic rings. The third kappa shape index (κ3) is 3.21. The van der Waals surface area contributed by atoms with E-state index in [0.717, 1.165) is 71.8 Å². The minimum Gasteiger partial charge on any atom is -0.437 e. The SMILES string of the molecule is CC1(C)c2cc3c(cc2C(=O)n2c1nc1ccccc12)c1ccccc1n3-c1nc(-c2ccccc2)c2c(n1)oc1ccccc12. The van der Waals surface area contributed by atoms with E-state index in [0.29, 0.717) is 17.2 Å². The topological polar surface area (TPSA) is 78.7 Å². The number of carbonyl (C=O) groups is 1. The lowest BCUT2D eigenvalue weighted by molar-refractivity contribution is 0.0948. The number of aromatic nitrogens is 5. The first-order chi connectivity index (χ1) is 22.5. The number of imidazole rings is 1. The highest BCUT2D eigenvalue weighted by Gasteiger charge is 2.40. The Morgan fingerprint density at radius 2 is 1.37 bits per heavy atom. The van der Waals surface area contributed by atoms with Crippen molar-refractivity contribution in [3.63, 3.8) is 0 Å². The Labute approximate surface area is 262 Å². The lowest BCUT2D eigenvalue weighted by Crippen LogP contribution is -2.35. The quantitative estimate of drug-likeness (QED) is 0.200. The molecule has 0 unspecified atom stereocenters. The highest BCUT2D eigenvalue weighted by molar-refractivity contribution is 6.15. The van der Waals surface area contributed by atoms with Crippen LogP contribution in [0.4, 0.5) is 0 Å². The van der Waals surface area contributed by atoms with Crippen LogP contribution in [0, 0.1) is 0 Å². The monoisotopic (exact) mass is 595 g/mol. The van der Waals surface area contributed by atoms with Crippen LogP contribution in [-0.4, -0.2) is 30.0 Å². The third-order valence-electron chi connectivity index (χ3n) is 9.51. The lowest BCUT2D eigenvalue weighted by Gasteiger charge is -2.32. The standard InChI is InChI=1S/C39H25N5O2/c1-39(2)27-21-31-25(20-26(27)36(45)44-30-18-10-8-16-28(30)40-37(39)44)23-14-6-9-17-29(23)43(31)38-41-34(22-12-4-3-5-13-22)33-24-15-7-11-19-32(24)46-35(33)42-38/h3-21H,1-2H3. The third-order valence-corrected chi connectivity index (χ3v) is 9.51. The van der Waals surface area contributed by atoms with Crippen LogP contribution >= 0.6 is 0 Å². The first-order valence-corrected chi connectivity index (χ1v) is 15.3. The van der Waals surface area contributed by atoms with Crippen molar-refractivity contribution >= 4 is 60.8 Å². The van der Waals surface area contributed by atoms with Crippen LogP contribution < -0.4 is 0 Å². The molecule has 218 valence electrons. The van der Waals surface area contributed by atoms with Gasteiger partial charge in [-0.3, -0.25) is 13.9 Å².